The first-order chi connectivity index (χ1) is 10.6. The van der Waals surface area contributed by atoms with Crippen molar-refractivity contribution in [2.24, 2.45) is 0 Å². The topological polar surface area (TPSA) is 53.0 Å². The number of aliphatic hydroxyl groups is 1. The third kappa shape index (κ3) is 3.39. The summed E-state index contributed by atoms with van der Waals surface area (Å²) in [4.78, 5) is 16.3. The van der Waals surface area contributed by atoms with Gasteiger partial charge in [0.2, 0.25) is 0 Å². The molecule has 1 atom stereocenters. The Morgan fingerprint density at radius 1 is 1.27 bits per heavy atom. The average Bonchev–Trinajstić information content (AvgIpc) is 2.55. The van der Waals surface area contributed by atoms with E-state index in [9.17, 15) is 14.3 Å². The Bertz CT molecular complexity index is 532. The first kappa shape index (κ1) is 15.2. The largest absolute Gasteiger partial charge is 0.393 e. The van der Waals surface area contributed by atoms with Gasteiger partial charge >= 0.3 is 0 Å². The summed E-state index contributed by atoms with van der Waals surface area (Å²) < 4.78 is 19.0. The van der Waals surface area contributed by atoms with Crippen LogP contribution in [0.1, 0.15) is 12.8 Å². The Hall–Kier alpha value is -1.66. The van der Waals surface area contributed by atoms with Crippen LogP contribution in [0.25, 0.3) is 0 Å². The molecule has 6 heteroatoms. The fourth-order valence-electron chi connectivity index (χ4n) is 3.00. The van der Waals surface area contributed by atoms with E-state index in [1.165, 1.54) is 12.1 Å². The number of halogens is 1. The monoisotopic (exact) mass is 308 g/mol. The second-order valence-corrected chi connectivity index (χ2v) is 5.84. The van der Waals surface area contributed by atoms with Gasteiger partial charge in [-0.05, 0) is 31.0 Å². The lowest BCUT2D eigenvalue weighted by Crippen LogP contribution is -2.53. The van der Waals surface area contributed by atoms with Crippen LogP contribution in [0.5, 0.6) is 0 Å². The van der Waals surface area contributed by atoms with Crippen molar-refractivity contribution >= 4 is 11.6 Å². The predicted octanol–water partition coefficient (Wildman–Crippen LogP) is 1.01. The second-order valence-electron chi connectivity index (χ2n) is 5.84. The summed E-state index contributed by atoms with van der Waals surface area (Å²) in [5.41, 5.74) is 0.773. The van der Waals surface area contributed by atoms with E-state index in [2.05, 4.69) is 0 Å². The zero-order valence-electron chi connectivity index (χ0n) is 12.4. The van der Waals surface area contributed by atoms with E-state index in [1.807, 2.05) is 11.0 Å². The molecule has 5 nitrogen and oxygen atoms in total. The molecule has 3 rings (SSSR count). The summed E-state index contributed by atoms with van der Waals surface area (Å²) in [6.45, 7) is 2.66. The molecule has 0 spiro atoms. The van der Waals surface area contributed by atoms with Gasteiger partial charge in [0.05, 0.1) is 19.3 Å². The van der Waals surface area contributed by atoms with Gasteiger partial charge in [0, 0.05) is 25.3 Å². The third-order valence-corrected chi connectivity index (χ3v) is 4.29. The molecule has 1 aromatic rings. The van der Waals surface area contributed by atoms with Crippen molar-refractivity contribution < 1.29 is 19.0 Å². The number of carbonyl (C=O) groups excluding carboxylic acids is 1. The van der Waals surface area contributed by atoms with Gasteiger partial charge in [0.15, 0.2) is 6.10 Å². The molecule has 0 radical (unpaired) electrons. The highest BCUT2D eigenvalue weighted by molar-refractivity contribution is 5.82. The molecule has 2 aliphatic rings. The lowest BCUT2D eigenvalue weighted by Gasteiger charge is -2.37. The Balaban J connectivity index is 1.64. The fourth-order valence-corrected chi connectivity index (χ4v) is 3.00. The molecule has 2 fully saturated rings. The maximum absolute atomic E-state index is 13.3. The molecule has 2 heterocycles. The van der Waals surface area contributed by atoms with Gasteiger partial charge in [-0.25, -0.2) is 4.39 Å². The SMILES string of the molecule is O=C(C1CN(c2cccc(F)c2)CCO1)N1CCC(O)CC1. The summed E-state index contributed by atoms with van der Waals surface area (Å²) in [6, 6.07) is 6.39. The fraction of sp³-hybridized carbons (Fsp3) is 0.562. The van der Waals surface area contributed by atoms with E-state index < -0.39 is 6.10 Å². The maximum Gasteiger partial charge on any atom is 0.253 e. The zero-order chi connectivity index (χ0) is 15.5. The number of likely N-dealkylation sites (tertiary alicyclic amines) is 1. The van der Waals surface area contributed by atoms with Gasteiger partial charge in [0.25, 0.3) is 5.91 Å². The van der Waals surface area contributed by atoms with Crippen molar-refractivity contribution in [2.75, 3.05) is 37.7 Å². The molecular weight excluding hydrogens is 287 g/mol. The van der Waals surface area contributed by atoms with Gasteiger partial charge in [0.1, 0.15) is 5.82 Å². The Morgan fingerprint density at radius 2 is 2.05 bits per heavy atom. The van der Waals surface area contributed by atoms with Crippen molar-refractivity contribution in [3.8, 4) is 0 Å². The quantitative estimate of drug-likeness (QED) is 0.886. The normalized spacial score (nSPS) is 23.6. The number of benzene rings is 1. The van der Waals surface area contributed by atoms with Crippen molar-refractivity contribution in [3.63, 3.8) is 0 Å². The number of hydrogen-bond acceptors (Lipinski definition) is 4. The number of amides is 1. The molecule has 0 aromatic heterocycles. The third-order valence-electron chi connectivity index (χ3n) is 4.29. The highest BCUT2D eigenvalue weighted by atomic mass is 19.1. The Morgan fingerprint density at radius 3 is 2.77 bits per heavy atom. The first-order valence-corrected chi connectivity index (χ1v) is 7.72. The van der Waals surface area contributed by atoms with Crippen LogP contribution in [-0.4, -0.2) is 60.9 Å². The molecule has 1 unspecified atom stereocenters. The van der Waals surface area contributed by atoms with Crippen molar-refractivity contribution in [1.82, 2.24) is 4.90 Å². The minimum absolute atomic E-state index is 0.0343. The lowest BCUT2D eigenvalue weighted by molar-refractivity contribution is -0.146. The molecule has 22 heavy (non-hydrogen) atoms. The molecule has 1 aromatic carbocycles. The van der Waals surface area contributed by atoms with Crippen LogP contribution in [0.4, 0.5) is 10.1 Å². The van der Waals surface area contributed by atoms with Crippen LogP contribution < -0.4 is 4.90 Å². The minimum Gasteiger partial charge on any atom is -0.393 e. The molecular formula is C16H21FN2O3. The Kier molecular flexibility index (Phi) is 4.59. The molecule has 2 saturated heterocycles. The van der Waals surface area contributed by atoms with Crippen LogP contribution >= 0.6 is 0 Å². The number of hydrogen-bond donors (Lipinski definition) is 1. The van der Waals surface area contributed by atoms with E-state index in [0.29, 0.717) is 45.6 Å². The highest BCUT2D eigenvalue weighted by Crippen LogP contribution is 2.20. The van der Waals surface area contributed by atoms with Gasteiger partial charge in [-0.3, -0.25) is 4.79 Å². The maximum atomic E-state index is 13.3. The van der Waals surface area contributed by atoms with Crippen LogP contribution in [-0.2, 0) is 9.53 Å². The zero-order valence-corrected chi connectivity index (χ0v) is 12.4. The number of aliphatic hydroxyl groups excluding tert-OH is 1. The smallest absolute Gasteiger partial charge is 0.253 e. The standard InChI is InChI=1S/C16H21FN2O3/c17-12-2-1-3-13(10-12)19-8-9-22-15(11-19)16(21)18-6-4-14(20)5-7-18/h1-3,10,14-15,20H,4-9,11H2. The minimum atomic E-state index is -0.521. The van der Waals surface area contributed by atoms with E-state index in [0.717, 1.165) is 5.69 Å². The number of anilines is 1. The number of ether oxygens (including phenoxy) is 1. The summed E-state index contributed by atoms with van der Waals surface area (Å²) in [5, 5.41) is 9.52. The van der Waals surface area contributed by atoms with E-state index in [1.54, 1.807) is 11.0 Å². The second kappa shape index (κ2) is 6.62. The van der Waals surface area contributed by atoms with Crippen molar-refractivity contribution in [3.05, 3.63) is 30.1 Å². The molecule has 2 aliphatic heterocycles. The lowest BCUT2D eigenvalue weighted by atomic mass is 10.1. The van der Waals surface area contributed by atoms with E-state index in [4.69, 9.17) is 4.74 Å². The number of rotatable bonds is 2. The van der Waals surface area contributed by atoms with Crippen LogP contribution in [0.3, 0.4) is 0 Å². The van der Waals surface area contributed by atoms with Crippen molar-refractivity contribution in [2.45, 2.75) is 25.0 Å². The van der Waals surface area contributed by atoms with Crippen molar-refractivity contribution in [1.29, 1.82) is 0 Å². The molecule has 1 amide bonds. The van der Waals surface area contributed by atoms with Gasteiger partial charge in [-0.2, -0.15) is 0 Å². The highest BCUT2D eigenvalue weighted by Gasteiger charge is 2.32. The number of piperidine rings is 1. The van der Waals surface area contributed by atoms with Gasteiger partial charge in [-0.15, -0.1) is 0 Å². The van der Waals surface area contributed by atoms with E-state index in [-0.39, 0.29) is 17.8 Å². The molecule has 120 valence electrons. The number of nitrogens with zero attached hydrogens (tertiary/aromatic N) is 2. The summed E-state index contributed by atoms with van der Waals surface area (Å²) >= 11 is 0. The van der Waals surface area contributed by atoms with Crippen LogP contribution in [0, 0.1) is 5.82 Å². The predicted molar refractivity (Wildman–Crippen MR) is 80.2 cm³/mol. The summed E-state index contributed by atoms with van der Waals surface area (Å²) in [7, 11) is 0. The molecule has 1 N–H and O–H groups in total. The van der Waals surface area contributed by atoms with Gasteiger partial charge < -0.3 is 19.6 Å². The van der Waals surface area contributed by atoms with Gasteiger partial charge in [-0.1, -0.05) is 6.07 Å². The Labute approximate surface area is 129 Å². The average molecular weight is 308 g/mol. The van der Waals surface area contributed by atoms with E-state index >= 15 is 0 Å². The number of carbonyl (C=O) groups is 1. The number of morpholine rings is 1. The summed E-state index contributed by atoms with van der Waals surface area (Å²) in [6.07, 6.45) is 0.408. The van der Waals surface area contributed by atoms with Crippen LogP contribution in [0.15, 0.2) is 24.3 Å². The first-order valence-electron chi connectivity index (χ1n) is 7.72. The van der Waals surface area contributed by atoms with Crippen LogP contribution in [0.2, 0.25) is 0 Å². The molecule has 0 aliphatic carbocycles. The summed E-state index contributed by atoms with van der Waals surface area (Å²) in [5.74, 6) is -0.315. The molecule has 0 saturated carbocycles. The molecule has 0 bridgehead atoms.